The summed E-state index contributed by atoms with van der Waals surface area (Å²) in [6.07, 6.45) is 6.82. The van der Waals surface area contributed by atoms with Crippen LogP contribution in [0.4, 0.5) is 0 Å². The molecule has 0 aromatic rings. The zero-order valence-corrected chi connectivity index (χ0v) is 11.4. The van der Waals surface area contributed by atoms with Crippen molar-refractivity contribution in [3.8, 4) is 0 Å². The molecule has 2 atom stereocenters. The van der Waals surface area contributed by atoms with Crippen LogP contribution in [0.1, 0.15) is 45.4 Å². The summed E-state index contributed by atoms with van der Waals surface area (Å²) in [5, 5.41) is 0. The molecule has 18 heavy (non-hydrogen) atoms. The van der Waals surface area contributed by atoms with E-state index in [4.69, 9.17) is 18.9 Å². The maximum atomic E-state index is 5.74. The van der Waals surface area contributed by atoms with Crippen molar-refractivity contribution in [3.05, 3.63) is 0 Å². The Balaban J connectivity index is 1.52. The molecular weight excluding hydrogens is 232 g/mol. The topological polar surface area (TPSA) is 36.9 Å². The maximum Gasteiger partial charge on any atom is 0.157 e. The van der Waals surface area contributed by atoms with Crippen LogP contribution in [-0.4, -0.2) is 39.0 Å². The van der Waals surface area contributed by atoms with E-state index in [1.54, 1.807) is 0 Å². The zero-order chi connectivity index (χ0) is 12.6. The van der Waals surface area contributed by atoms with Gasteiger partial charge in [0.15, 0.2) is 12.6 Å². The van der Waals surface area contributed by atoms with Crippen molar-refractivity contribution < 1.29 is 18.9 Å². The van der Waals surface area contributed by atoms with Gasteiger partial charge in [0.25, 0.3) is 0 Å². The van der Waals surface area contributed by atoms with Gasteiger partial charge in [-0.2, -0.15) is 0 Å². The Morgan fingerprint density at radius 3 is 1.78 bits per heavy atom. The van der Waals surface area contributed by atoms with E-state index in [0.29, 0.717) is 19.1 Å². The second kappa shape index (κ2) is 8.10. The quantitative estimate of drug-likeness (QED) is 0.734. The predicted molar refractivity (Wildman–Crippen MR) is 68.3 cm³/mol. The molecule has 0 aromatic heterocycles. The van der Waals surface area contributed by atoms with Gasteiger partial charge in [0, 0.05) is 19.1 Å². The second-order valence-electron chi connectivity index (χ2n) is 5.36. The fourth-order valence-electron chi connectivity index (χ4n) is 2.28. The molecule has 2 heterocycles. The molecule has 4 heteroatoms. The Kier molecular flexibility index (Phi) is 6.41. The minimum atomic E-state index is 0.00660. The minimum absolute atomic E-state index is 0.00660. The van der Waals surface area contributed by atoms with Crippen molar-refractivity contribution in [1.82, 2.24) is 0 Å². The van der Waals surface area contributed by atoms with Gasteiger partial charge in [-0.3, -0.25) is 0 Å². The van der Waals surface area contributed by atoms with Gasteiger partial charge in [-0.15, -0.1) is 0 Å². The Bertz CT molecular complexity index is 188. The Labute approximate surface area is 110 Å². The first kappa shape index (κ1) is 14.3. The number of ether oxygens (including phenoxy) is 4. The molecule has 106 valence electrons. The highest BCUT2D eigenvalue weighted by Gasteiger charge is 2.18. The Morgan fingerprint density at radius 1 is 0.889 bits per heavy atom. The lowest BCUT2D eigenvalue weighted by Gasteiger charge is -2.26. The first-order chi connectivity index (χ1) is 8.84. The number of rotatable bonds is 6. The third-order valence-corrected chi connectivity index (χ3v) is 3.41. The molecule has 0 saturated carbocycles. The lowest BCUT2D eigenvalue weighted by molar-refractivity contribution is -0.189. The Morgan fingerprint density at radius 2 is 1.39 bits per heavy atom. The molecule has 0 amide bonds. The van der Waals surface area contributed by atoms with Crippen LogP contribution in [0.25, 0.3) is 0 Å². The lowest BCUT2D eigenvalue weighted by atomic mass is 10.2. The van der Waals surface area contributed by atoms with Crippen molar-refractivity contribution in [2.45, 2.75) is 58.0 Å². The maximum absolute atomic E-state index is 5.74. The summed E-state index contributed by atoms with van der Waals surface area (Å²) in [5.74, 6) is 0.390. The molecule has 2 rings (SSSR count). The molecule has 4 nitrogen and oxygen atoms in total. The van der Waals surface area contributed by atoms with E-state index in [9.17, 15) is 0 Å². The molecule has 0 N–H and O–H groups in total. The largest absolute Gasteiger partial charge is 0.353 e. The van der Waals surface area contributed by atoms with Gasteiger partial charge < -0.3 is 18.9 Å². The van der Waals surface area contributed by atoms with E-state index in [0.717, 1.165) is 38.9 Å². The highest BCUT2D eigenvalue weighted by atomic mass is 16.7. The molecule has 0 unspecified atom stereocenters. The van der Waals surface area contributed by atoms with Gasteiger partial charge in [0.05, 0.1) is 13.2 Å². The first-order valence-corrected chi connectivity index (χ1v) is 7.31. The molecule has 2 aliphatic heterocycles. The van der Waals surface area contributed by atoms with Crippen molar-refractivity contribution >= 4 is 0 Å². The highest BCUT2D eigenvalue weighted by Crippen LogP contribution is 2.17. The highest BCUT2D eigenvalue weighted by molar-refractivity contribution is 4.58. The van der Waals surface area contributed by atoms with Gasteiger partial charge in [-0.25, -0.2) is 0 Å². The van der Waals surface area contributed by atoms with E-state index in [-0.39, 0.29) is 12.6 Å². The Hall–Kier alpha value is -0.160. The van der Waals surface area contributed by atoms with Crippen molar-refractivity contribution in [3.63, 3.8) is 0 Å². The van der Waals surface area contributed by atoms with E-state index in [1.165, 1.54) is 12.8 Å². The third-order valence-electron chi connectivity index (χ3n) is 3.41. The third kappa shape index (κ3) is 5.22. The van der Waals surface area contributed by atoms with Crippen molar-refractivity contribution in [1.29, 1.82) is 0 Å². The summed E-state index contributed by atoms with van der Waals surface area (Å²) in [4.78, 5) is 0. The average molecular weight is 258 g/mol. The van der Waals surface area contributed by atoms with E-state index in [2.05, 4.69) is 6.92 Å². The smallest absolute Gasteiger partial charge is 0.157 e. The second-order valence-corrected chi connectivity index (χ2v) is 5.36. The monoisotopic (exact) mass is 258 g/mol. The molecule has 2 aliphatic rings. The standard InChI is InChI=1S/C14H26O4/c1-12(10-17-13-6-2-4-8-15-13)11-18-14-7-3-5-9-16-14/h12-14H,2-11H2,1H3/t13-,14-/m0/s1. The molecule has 0 bridgehead atoms. The van der Waals surface area contributed by atoms with Crippen LogP contribution < -0.4 is 0 Å². The summed E-state index contributed by atoms with van der Waals surface area (Å²) >= 11 is 0. The summed E-state index contributed by atoms with van der Waals surface area (Å²) < 4.78 is 22.6. The van der Waals surface area contributed by atoms with Crippen molar-refractivity contribution in [2.75, 3.05) is 26.4 Å². The summed E-state index contributed by atoms with van der Waals surface area (Å²) in [6, 6.07) is 0. The zero-order valence-electron chi connectivity index (χ0n) is 11.4. The van der Waals surface area contributed by atoms with Gasteiger partial charge >= 0.3 is 0 Å². The fraction of sp³-hybridized carbons (Fsp3) is 1.00. The van der Waals surface area contributed by atoms with Crippen LogP contribution in [0.3, 0.4) is 0 Å². The summed E-state index contributed by atoms with van der Waals surface area (Å²) in [6.45, 7) is 5.23. The van der Waals surface area contributed by atoms with Crippen molar-refractivity contribution in [2.24, 2.45) is 5.92 Å². The molecule has 0 spiro atoms. The predicted octanol–water partition coefficient (Wildman–Crippen LogP) is 2.71. The molecule has 2 fully saturated rings. The number of hydrogen-bond acceptors (Lipinski definition) is 4. The lowest BCUT2D eigenvalue weighted by Crippen LogP contribution is -2.28. The minimum Gasteiger partial charge on any atom is -0.353 e. The van der Waals surface area contributed by atoms with Crippen LogP contribution in [0.2, 0.25) is 0 Å². The summed E-state index contributed by atoms with van der Waals surface area (Å²) in [7, 11) is 0. The molecule has 0 aromatic carbocycles. The normalized spacial score (nSPS) is 29.7. The van der Waals surface area contributed by atoms with Gasteiger partial charge in [0.1, 0.15) is 0 Å². The first-order valence-electron chi connectivity index (χ1n) is 7.31. The van der Waals surface area contributed by atoms with Crippen LogP contribution >= 0.6 is 0 Å². The summed E-state index contributed by atoms with van der Waals surface area (Å²) in [5.41, 5.74) is 0. The van der Waals surface area contributed by atoms with E-state index >= 15 is 0 Å². The molecule has 2 saturated heterocycles. The van der Waals surface area contributed by atoms with Crippen LogP contribution in [0, 0.1) is 5.92 Å². The fourth-order valence-corrected chi connectivity index (χ4v) is 2.28. The average Bonchev–Trinajstić information content (AvgIpc) is 2.45. The van der Waals surface area contributed by atoms with Gasteiger partial charge in [-0.1, -0.05) is 6.92 Å². The van der Waals surface area contributed by atoms with Crippen LogP contribution in [0.5, 0.6) is 0 Å². The van der Waals surface area contributed by atoms with Crippen LogP contribution in [0.15, 0.2) is 0 Å². The molecular formula is C14H26O4. The van der Waals surface area contributed by atoms with Gasteiger partial charge in [0.2, 0.25) is 0 Å². The van der Waals surface area contributed by atoms with Crippen LogP contribution in [-0.2, 0) is 18.9 Å². The molecule has 0 aliphatic carbocycles. The number of hydrogen-bond donors (Lipinski definition) is 0. The van der Waals surface area contributed by atoms with Gasteiger partial charge in [-0.05, 0) is 38.5 Å². The van der Waals surface area contributed by atoms with E-state index in [1.807, 2.05) is 0 Å². The SMILES string of the molecule is CC(CO[C@H]1CCCCO1)CO[C@H]1CCCCO1. The van der Waals surface area contributed by atoms with E-state index < -0.39 is 0 Å². The molecule has 0 radical (unpaired) electrons.